The van der Waals surface area contributed by atoms with Gasteiger partial charge in [-0.2, -0.15) is 4.98 Å². The maximum atomic E-state index is 16.6. The molecule has 0 bridgehead atoms. The highest BCUT2D eigenvalue weighted by Crippen LogP contribution is 2.47. The Bertz CT molecular complexity index is 1630. The minimum absolute atomic E-state index is 0.00376. The van der Waals surface area contributed by atoms with E-state index in [0.29, 0.717) is 11.1 Å². The number of carbonyl (C=O) groups excluding carboxylic acids is 3. The van der Waals surface area contributed by atoms with Crippen molar-refractivity contribution in [1.29, 1.82) is 0 Å². The molecule has 0 unspecified atom stereocenters. The summed E-state index contributed by atoms with van der Waals surface area (Å²) in [5.41, 5.74) is -2.11. The summed E-state index contributed by atoms with van der Waals surface area (Å²) in [4.78, 5) is 55.1. The van der Waals surface area contributed by atoms with Gasteiger partial charge in [0.05, 0.1) is 23.8 Å². The summed E-state index contributed by atoms with van der Waals surface area (Å²) in [7, 11) is 0. The molecule has 1 heterocycles. The van der Waals surface area contributed by atoms with Crippen LogP contribution in [-0.2, 0) is 9.47 Å². The second-order valence-electron chi connectivity index (χ2n) is 10.1. The first-order chi connectivity index (χ1) is 20.2. The number of aromatic nitrogens is 2. The lowest BCUT2D eigenvalue weighted by atomic mass is 9.98. The topological polar surface area (TPSA) is 117 Å². The maximum absolute atomic E-state index is 16.6. The highest BCUT2D eigenvalue weighted by molar-refractivity contribution is 6.03. The van der Waals surface area contributed by atoms with Gasteiger partial charge in [0, 0.05) is 17.7 Å². The molecule has 1 N–H and O–H groups in total. The fourth-order valence-electron chi connectivity index (χ4n) is 5.14. The quantitative estimate of drug-likeness (QED) is 0.301. The average molecular weight is 570 g/mol. The van der Waals surface area contributed by atoms with E-state index < -0.39 is 47.3 Å². The van der Waals surface area contributed by atoms with Crippen LogP contribution >= 0.6 is 0 Å². The Morgan fingerprint density at radius 1 is 0.881 bits per heavy atom. The van der Waals surface area contributed by atoms with Crippen LogP contribution in [0, 0.1) is 5.92 Å². The van der Waals surface area contributed by atoms with E-state index in [1.54, 1.807) is 91.0 Å². The smallest absolute Gasteiger partial charge is 0.349 e. The van der Waals surface area contributed by atoms with E-state index in [4.69, 9.17) is 9.47 Å². The first kappa shape index (κ1) is 28.4. The summed E-state index contributed by atoms with van der Waals surface area (Å²) >= 11 is 0. The predicted octanol–water partition coefficient (Wildman–Crippen LogP) is 4.87. The Kier molecular flexibility index (Phi) is 8.24. The average Bonchev–Trinajstić information content (AvgIpc) is 3.25. The van der Waals surface area contributed by atoms with Gasteiger partial charge in [-0.15, -0.1) is 0 Å². The van der Waals surface area contributed by atoms with Crippen molar-refractivity contribution in [3.63, 3.8) is 0 Å². The number of alkyl halides is 1. The number of esters is 2. The molecule has 1 aliphatic rings. The third-order valence-corrected chi connectivity index (χ3v) is 7.29. The molecule has 42 heavy (non-hydrogen) atoms. The van der Waals surface area contributed by atoms with Gasteiger partial charge in [0.1, 0.15) is 11.9 Å². The first-order valence-electron chi connectivity index (χ1n) is 13.4. The van der Waals surface area contributed by atoms with E-state index in [-0.39, 0.29) is 24.4 Å². The van der Waals surface area contributed by atoms with Gasteiger partial charge in [-0.25, -0.2) is 18.8 Å². The molecule has 1 amide bonds. The van der Waals surface area contributed by atoms with Crippen molar-refractivity contribution in [3.05, 3.63) is 130 Å². The lowest BCUT2D eigenvalue weighted by Crippen LogP contribution is -2.44. The highest BCUT2D eigenvalue weighted by Gasteiger charge is 2.57. The minimum atomic E-state index is -2.24. The van der Waals surface area contributed by atoms with Crippen molar-refractivity contribution >= 4 is 23.7 Å². The number of anilines is 1. The summed E-state index contributed by atoms with van der Waals surface area (Å²) in [5.74, 6) is -2.57. The number of amides is 1. The molecule has 0 saturated heterocycles. The van der Waals surface area contributed by atoms with Crippen LogP contribution in [0.25, 0.3) is 0 Å². The van der Waals surface area contributed by atoms with Gasteiger partial charge in [-0.3, -0.25) is 9.36 Å². The molecule has 0 radical (unpaired) electrons. The molecule has 1 aromatic heterocycles. The molecule has 1 aliphatic carbocycles. The van der Waals surface area contributed by atoms with Crippen molar-refractivity contribution in [2.24, 2.45) is 5.92 Å². The number of carbonyl (C=O) groups is 3. The highest BCUT2D eigenvalue weighted by atomic mass is 19.1. The molecule has 1 saturated carbocycles. The largest absolute Gasteiger partial charge is 0.462 e. The summed E-state index contributed by atoms with van der Waals surface area (Å²) in [6.07, 6.45) is 0.00885. The Balaban J connectivity index is 1.39. The van der Waals surface area contributed by atoms with E-state index in [9.17, 15) is 19.2 Å². The molecule has 10 heteroatoms. The second kappa shape index (κ2) is 12.2. The van der Waals surface area contributed by atoms with Crippen LogP contribution in [0.1, 0.15) is 50.5 Å². The van der Waals surface area contributed by atoms with Crippen molar-refractivity contribution in [1.82, 2.24) is 9.55 Å². The number of halogens is 1. The molecular weight excluding hydrogens is 541 g/mol. The maximum Gasteiger partial charge on any atom is 0.349 e. The lowest BCUT2D eigenvalue weighted by molar-refractivity contribution is -0.0481. The van der Waals surface area contributed by atoms with Crippen LogP contribution < -0.4 is 11.0 Å². The number of benzene rings is 3. The SMILES string of the molecule is C[C@@]1(F)[C@H](OC(=O)c2ccccc2)[C@@H](COC(=O)c2ccccc2)C[C@H]1n1ccc(NC(=O)c2ccccc2)nc1=O. The molecule has 5 rings (SSSR count). The summed E-state index contributed by atoms with van der Waals surface area (Å²) in [6, 6.07) is 25.2. The Labute approximate surface area is 240 Å². The summed E-state index contributed by atoms with van der Waals surface area (Å²) < 4.78 is 28.9. The van der Waals surface area contributed by atoms with Crippen LogP contribution in [0.4, 0.5) is 10.2 Å². The van der Waals surface area contributed by atoms with Crippen LogP contribution in [0.3, 0.4) is 0 Å². The van der Waals surface area contributed by atoms with Gasteiger partial charge in [0.2, 0.25) is 0 Å². The number of hydrogen-bond donors (Lipinski definition) is 1. The number of ether oxygens (including phenoxy) is 2. The normalized spacial score (nSPS) is 21.3. The van der Waals surface area contributed by atoms with Gasteiger partial charge in [0.25, 0.3) is 5.91 Å². The zero-order valence-electron chi connectivity index (χ0n) is 22.7. The van der Waals surface area contributed by atoms with E-state index in [0.717, 1.165) is 4.57 Å². The van der Waals surface area contributed by atoms with Crippen LogP contribution in [0.2, 0.25) is 0 Å². The molecule has 4 atom stereocenters. The Morgan fingerprint density at radius 3 is 2.00 bits per heavy atom. The Morgan fingerprint density at radius 2 is 1.43 bits per heavy atom. The minimum Gasteiger partial charge on any atom is -0.462 e. The standard InChI is InChI=1S/C32H28FN3O6/c1-32(33)25(36-18-17-26(35-31(36)40)34-28(37)21-11-5-2-6-12-21)19-24(20-41-29(38)22-13-7-3-8-14-22)27(32)42-30(39)23-15-9-4-10-16-23/h2-18,24-25,27H,19-20H2,1H3,(H,34,35,37,40)/t24-,25-,27-,32+/m1/s1. The monoisotopic (exact) mass is 569 g/mol. The predicted molar refractivity (Wildman–Crippen MR) is 152 cm³/mol. The lowest BCUT2D eigenvalue weighted by Gasteiger charge is -2.30. The van der Waals surface area contributed by atoms with E-state index >= 15 is 4.39 Å². The Hall–Kier alpha value is -5.12. The van der Waals surface area contributed by atoms with Crippen molar-refractivity contribution in [2.45, 2.75) is 31.2 Å². The number of hydrogen-bond acceptors (Lipinski definition) is 7. The van der Waals surface area contributed by atoms with Gasteiger partial charge in [-0.05, 0) is 55.8 Å². The van der Waals surface area contributed by atoms with Crippen LogP contribution in [0.15, 0.2) is 108 Å². The van der Waals surface area contributed by atoms with Crippen molar-refractivity contribution in [3.8, 4) is 0 Å². The zero-order chi connectivity index (χ0) is 29.7. The molecule has 9 nitrogen and oxygen atoms in total. The fourth-order valence-corrected chi connectivity index (χ4v) is 5.14. The van der Waals surface area contributed by atoms with Gasteiger partial charge < -0.3 is 14.8 Å². The van der Waals surface area contributed by atoms with Gasteiger partial charge >= 0.3 is 17.6 Å². The summed E-state index contributed by atoms with van der Waals surface area (Å²) in [5, 5.41) is 2.56. The van der Waals surface area contributed by atoms with Crippen molar-refractivity contribution in [2.75, 3.05) is 11.9 Å². The van der Waals surface area contributed by atoms with E-state index in [1.807, 2.05) is 0 Å². The molecule has 3 aromatic carbocycles. The number of nitrogens with zero attached hydrogens (tertiary/aromatic N) is 2. The summed E-state index contributed by atoms with van der Waals surface area (Å²) in [6.45, 7) is 1.00. The van der Waals surface area contributed by atoms with Gasteiger partial charge in [0.15, 0.2) is 5.67 Å². The van der Waals surface area contributed by atoms with Crippen LogP contribution in [0.5, 0.6) is 0 Å². The fraction of sp³-hybridized carbons (Fsp3) is 0.219. The van der Waals surface area contributed by atoms with E-state index in [1.165, 1.54) is 19.2 Å². The van der Waals surface area contributed by atoms with Gasteiger partial charge in [-0.1, -0.05) is 54.6 Å². The molecule has 4 aromatic rings. The van der Waals surface area contributed by atoms with Crippen LogP contribution in [-0.4, -0.2) is 45.8 Å². The molecule has 0 aliphatic heterocycles. The second-order valence-corrected chi connectivity index (χ2v) is 10.1. The molecule has 1 fully saturated rings. The third-order valence-electron chi connectivity index (χ3n) is 7.29. The molecule has 214 valence electrons. The number of nitrogens with one attached hydrogen (secondary N) is 1. The van der Waals surface area contributed by atoms with E-state index in [2.05, 4.69) is 10.3 Å². The first-order valence-corrected chi connectivity index (χ1v) is 13.4. The number of rotatable bonds is 8. The van der Waals surface area contributed by atoms with Crippen molar-refractivity contribution < 1.29 is 28.2 Å². The zero-order valence-corrected chi connectivity index (χ0v) is 22.7. The third kappa shape index (κ3) is 6.12. The molecular formula is C32H28FN3O6. The molecule has 0 spiro atoms.